The summed E-state index contributed by atoms with van der Waals surface area (Å²) >= 11 is 0. The third-order valence-corrected chi connectivity index (χ3v) is 2.06. The summed E-state index contributed by atoms with van der Waals surface area (Å²) in [6, 6.07) is 0. The number of likely N-dealkylation sites (tertiary alicyclic amines) is 1. The van der Waals surface area contributed by atoms with Crippen LogP contribution in [0.15, 0.2) is 0 Å². The van der Waals surface area contributed by atoms with Crippen LogP contribution in [0.3, 0.4) is 0 Å². The minimum Gasteiger partial charge on any atom is -0.387 e. The molecule has 0 aromatic heterocycles. The first-order chi connectivity index (χ1) is 4.70. The number of hydrogen-bond acceptors (Lipinski definition) is 2. The highest BCUT2D eigenvalue weighted by Crippen LogP contribution is 2.13. The summed E-state index contributed by atoms with van der Waals surface area (Å²) in [5.74, 6) is 0.672. The summed E-state index contributed by atoms with van der Waals surface area (Å²) in [6.07, 6.45) is 2.28. The topological polar surface area (TPSA) is 53.1 Å². The van der Waals surface area contributed by atoms with Crippen molar-refractivity contribution in [3.63, 3.8) is 0 Å². The van der Waals surface area contributed by atoms with Crippen molar-refractivity contribution in [3.05, 3.63) is 0 Å². The van der Waals surface area contributed by atoms with Crippen LogP contribution in [-0.2, 0) is 0 Å². The average Bonchev–Trinajstić information content (AvgIpc) is 1.88. The van der Waals surface area contributed by atoms with Gasteiger partial charge in [0.1, 0.15) is 0 Å². The first-order valence-corrected chi connectivity index (χ1v) is 3.72. The van der Waals surface area contributed by atoms with Crippen LogP contribution < -0.4 is 5.73 Å². The molecule has 1 atom stereocenters. The molecule has 1 rings (SSSR count). The lowest BCUT2D eigenvalue weighted by Crippen LogP contribution is -2.38. The molecule has 3 N–H and O–H groups in total. The lowest BCUT2D eigenvalue weighted by Gasteiger charge is -2.28. The maximum Gasteiger partial charge on any atom is 0.0949 e. The van der Waals surface area contributed by atoms with E-state index in [2.05, 4.69) is 11.9 Å². The van der Waals surface area contributed by atoms with Gasteiger partial charge in [0.05, 0.1) is 5.84 Å². The summed E-state index contributed by atoms with van der Waals surface area (Å²) in [5, 5.41) is 7.23. The van der Waals surface area contributed by atoms with E-state index in [9.17, 15) is 0 Å². The van der Waals surface area contributed by atoms with Gasteiger partial charge in [-0.2, -0.15) is 0 Å². The van der Waals surface area contributed by atoms with Gasteiger partial charge in [-0.25, -0.2) is 0 Å². The van der Waals surface area contributed by atoms with Gasteiger partial charge >= 0.3 is 0 Å². The zero-order chi connectivity index (χ0) is 7.56. The molecule has 10 heavy (non-hydrogen) atoms. The van der Waals surface area contributed by atoms with Crippen molar-refractivity contribution in [2.75, 3.05) is 20.1 Å². The fourth-order valence-electron chi connectivity index (χ4n) is 1.42. The van der Waals surface area contributed by atoms with Gasteiger partial charge < -0.3 is 10.6 Å². The van der Waals surface area contributed by atoms with E-state index >= 15 is 0 Å². The molecular formula is C7H15N3. The van der Waals surface area contributed by atoms with Crippen molar-refractivity contribution < 1.29 is 0 Å². The van der Waals surface area contributed by atoms with Gasteiger partial charge in [0.2, 0.25) is 0 Å². The van der Waals surface area contributed by atoms with Crippen LogP contribution in [0.4, 0.5) is 0 Å². The zero-order valence-electron chi connectivity index (χ0n) is 6.43. The largest absolute Gasteiger partial charge is 0.387 e. The molecule has 1 aliphatic rings. The number of nitrogens with zero attached hydrogens (tertiary/aromatic N) is 1. The molecule has 1 aliphatic heterocycles. The van der Waals surface area contributed by atoms with Crippen molar-refractivity contribution in [2.45, 2.75) is 12.8 Å². The molecule has 58 valence electrons. The van der Waals surface area contributed by atoms with Crippen molar-refractivity contribution in [1.29, 1.82) is 5.41 Å². The van der Waals surface area contributed by atoms with Gasteiger partial charge in [0.25, 0.3) is 0 Å². The van der Waals surface area contributed by atoms with Crippen LogP contribution in [0.2, 0.25) is 0 Å². The molecule has 3 nitrogen and oxygen atoms in total. The quantitative estimate of drug-likeness (QED) is 0.406. The Hall–Kier alpha value is -0.570. The molecule has 0 bridgehead atoms. The van der Waals surface area contributed by atoms with Gasteiger partial charge in [0.15, 0.2) is 0 Å². The van der Waals surface area contributed by atoms with Crippen LogP contribution in [-0.4, -0.2) is 30.9 Å². The molecule has 3 heteroatoms. The van der Waals surface area contributed by atoms with E-state index in [1.807, 2.05) is 0 Å². The van der Waals surface area contributed by atoms with Crippen LogP contribution >= 0.6 is 0 Å². The predicted octanol–water partition coefficient (Wildman–Crippen LogP) is 0.264. The molecule has 0 aromatic carbocycles. The minimum absolute atomic E-state index is 0.318. The summed E-state index contributed by atoms with van der Waals surface area (Å²) in [7, 11) is 2.08. The number of nitrogens with one attached hydrogen (secondary N) is 1. The van der Waals surface area contributed by atoms with Crippen molar-refractivity contribution in [2.24, 2.45) is 11.7 Å². The van der Waals surface area contributed by atoms with E-state index in [1.54, 1.807) is 0 Å². The third-order valence-electron chi connectivity index (χ3n) is 2.06. The van der Waals surface area contributed by atoms with E-state index in [4.69, 9.17) is 11.1 Å². The normalized spacial score (nSPS) is 28.3. The van der Waals surface area contributed by atoms with E-state index in [-0.39, 0.29) is 0 Å². The second-order valence-electron chi connectivity index (χ2n) is 3.06. The Labute approximate surface area is 61.7 Å². The van der Waals surface area contributed by atoms with Crippen molar-refractivity contribution in [1.82, 2.24) is 4.90 Å². The van der Waals surface area contributed by atoms with E-state index in [1.165, 1.54) is 6.42 Å². The first-order valence-electron chi connectivity index (χ1n) is 3.72. The summed E-state index contributed by atoms with van der Waals surface area (Å²) < 4.78 is 0. The molecule has 0 saturated carbocycles. The summed E-state index contributed by atoms with van der Waals surface area (Å²) in [6.45, 7) is 2.12. The van der Waals surface area contributed by atoms with E-state index < -0.39 is 0 Å². The van der Waals surface area contributed by atoms with Crippen molar-refractivity contribution >= 4 is 5.84 Å². The van der Waals surface area contributed by atoms with Crippen LogP contribution in [0.1, 0.15) is 12.8 Å². The number of hydrogen-bond donors (Lipinski definition) is 2. The fraction of sp³-hybridized carbons (Fsp3) is 0.857. The molecule has 1 saturated heterocycles. The molecule has 0 spiro atoms. The molecule has 1 heterocycles. The molecule has 0 radical (unpaired) electrons. The predicted molar refractivity (Wildman–Crippen MR) is 42.1 cm³/mol. The van der Waals surface area contributed by atoms with Gasteiger partial charge in [-0.3, -0.25) is 5.41 Å². The second kappa shape index (κ2) is 3.01. The molecule has 0 aromatic rings. The molecule has 0 aliphatic carbocycles. The Balaban J connectivity index is 2.39. The number of rotatable bonds is 1. The van der Waals surface area contributed by atoms with E-state index in [0.717, 1.165) is 19.5 Å². The molecule has 0 amide bonds. The van der Waals surface area contributed by atoms with Gasteiger partial charge in [-0.1, -0.05) is 0 Å². The monoisotopic (exact) mass is 141 g/mol. The van der Waals surface area contributed by atoms with Crippen LogP contribution in [0, 0.1) is 11.3 Å². The maximum atomic E-state index is 7.23. The molecule has 1 unspecified atom stereocenters. The first kappa shape index (κ1) is 7.54. The number of amidine groups is 1. The fourth-order valence-corrected chi connectivity index (χ4v) is 1.42. The SMILES string of the molecule is CN1CCCC(C(=N)N)C1. The second-order valence-corrected chi connectivity index (χ2v) is 3.06. The minimum atomic E-state index is 0.318. The number of piperidine rings is 1. The van der Waals surface area contributed by atoms with E-state index in [0.29, 0.717) is 11.8 Å². The standard InChI is InChI=1S/C7H15N3/c1-10-4-2-3-6(5-10)7(8)9/h6H,2-5H2,1H3,(H3,8,9). The highest BCUT2D eigenvalue weighted by atomic mass is 15.1. The zero-order valence-corrected chi connectivity index (χ0v) is 6.43. The Morgan fingerprint density at radius 1 is 1.70 bits per heavy atom. The van der Waals surface area contributed by atoms with Gasteiger partial charge in [-0.05, 0) is 26.4 Å². The third kappa shape index (κ3) is 1.70. The lowest BCUT2D eigenvalue weighted by molar-refractivity contribution is 0.245. The Morgan fingerprint density at radius 3 is 2.80 bits per heavy atom. The average molecular weight is 141 g/mol. The van der Waals surface area contributed by atoms with Crippen LogP contribution in [0.5, 0.6) is 0 Å². The Kier molecular flexibility index (Phi) is 2.27. The smallest absolute Gasteiger partial charge is 0.0949 e. The number of nitrogens with two attached hydrogens (primary N) is 1. The Morgan fingerprint density at radius 2 is 2.40 bits per heavy atom. The lowest BCUT2D eigenvalue weighted by atomic mass is 9.98. The van der Waals surface area contributed by atoms with Gasteiger partial charge in [0, 0.05) is 12.5 Å². The highest BCUT2D eigenvalue weighted by Gasteiger charge is 2.18. The highest BCUT2D eigenvalue weighted by molar-refractivity contribution is 5.79. The maximum absolute atomic E-state index is 7.23. The van der Waals surface area contributed by atoms with Crippen molar-refractivity contribution in [3.8, 4) is 0 Å². The molecule has 1 fully saturated rings. The summed E-state index contributed by atoms with van der Waals surface area (Å²) in [5.41, 5.74) is 5.39. The summed E-state index contributed by atoms with van der Waals surface area (Å²) in [4.78, 5) is 2.23. The van der Waals surface area contributed by atoms with Crippen LogP contribution in [0.25, 0.3) is 0 Å². The molecular weight excluding hydrogens is 126 g/mol. The van der Waals surface area contributed by atoms with Gasteiger partial charge in [-0.15, -0.1) is 0 Å². The Bertz CT molecular complexity index is 133.